The van der Waals surface area contributed by atoms with Crippen molar-refractivity contribution in [2.45, 2.75) is 13.3 Å². The predicted molar refractivity (Wildman–Crippen MR) is 43.0 cm³/mol. The summed E-state index contributed by atoms with van der Waals surface area (Å²) in [4.78, 5) is 44.7. The highest BCUT2D eigenvalue weighted by atomic mass is 16.6. The third-order valence-corrected chi connectivity index (χ3v) is 2.72. The van der Waals surface area contributed by atoms with E-state index in [0.29, 0.717) is 0 Å². The van der Waals surface area contributed by atoms with Crippen LogP contribution in [0, 0.1) is 17.8 Å². The molecule has 2 heterocycles. The van der Waals surface area contributed by atoms with Crippen molar-refractivity contribution in [3.8, 4) is 0 Å². The van der Waals surface area contributed by atoms with Gasteiger partial charge in [-0.25, -0.2) is 0 Å². The maximum atomic E-state index is 11.3. The molecule has 0 bridgehead atoms. The average Bonchev–Trinajstić information content (AvgIpc) is 2.13. The minimum atomic E-state index is -0.878. The van der Waals surface area contributed by atoms with Gasteiger partial charge in [-0.05, 0) is 0 Å². The van der Waals surface area contributed by atoms with Crippen molar-refractivity contribution in [3.63, 3.8) is 0 Å². The molecular weight excluding hydrogens is 204 g/mol. The van der Waals surface area contributed by atoms with Crippen LogP contribution < -0.4 is 0 Å². The van der Waals surface area contributed by atoms with E-state index in [4.69, 9.17) is 0 Å². The van der Waals surface area contributed by atoms with E-state index < -0.39 is 41.6 Å². The van der Waals surface area contributed by atoms with Crippen LogP contribution in [0.1, 0.15) is 13.3 Å². The van der Waals surface area contributed by atoms with E-state index in [1.807, 2.05) is 0 Å². The Bertz CT molecular complexity index is 371. The molecule has 0 aliphatic carbocycles. The van der Waals surface area contributed by atoms with Crippen molar-refractivity contribution in [2.24, 2.45) is 17.8 Å². The Hall–Kier alpha value is -1.72. The molecule has 2 saturated heterocycles. The molecule has 0 radical (unpaired) electrons. The topological polar surface area (TPSA) is 86.7 Å². The number of hydrogen-bond acceptors (Lipinski definition) is 6. The van der Waals surface area contributed by atoms with Gasteiger partial charge in [0.2, 0.25) is 0 Å². The highest BCUT2D eigenvalue weighted by molar-refractivity contribution is 6.02. The number of ether oxygens (including phenoxy) is 2. The normalized spacial score (nSPS) is 35.7. The van der Waals surface area contributed by atoms with Crippen LogP contribution in [0.25, 0.3) is 0 Å². The molecule has 0 N–H and O–H groups in total. The summed E-state index contributed by atoms with van der Waals surface area (Å²) < 4.78 is 8.81. The van der Waals surface area contributed by atoms with E-state index in [-0.39, 0.29) is 6.42 Å². The molecule has 3 atom stereocenters. The standard InChI is InChI=1S/C9H8O6/c1-3-6-4(8(12)15-7(3)11)2-5(10)14-9(6)13/h3-4,6H,2H2,1H3. The average molecular weight is 212 g/mol. The fourth-order valence-corrected chi connectivity index (χ4v) is 1.89. The third-order valence-electron chi connectivity index (χ3n) is 2.72. The van der Waals surface area contributed by atoms with Crippen LogP contribution in [0.3, 0.4) is 0 Å². The minimum absolute atomic E-state index is 0.202. The molecule has 6 heteroatoms. The molecule has 0 aromatic rings. The van der Waals surface area contributed by atoms with Crippen LogP contribution in [0.5, 0.6) is 0 Å². The molecular formula is C9H8O6. The molecule has 0 amide bonds. The smallest absolute Gasteiger partial charge is 0.318 e. The van der Waals surface area contributed by atoms with E-state index in [2.05, 4.69) is 9.47 Å². The molecule has 6 nitrogen and oxygen atoms in total. The highest BCUT2D eigenvalue weighted by Crippen LogP contribution is 2.35. The van der Waals surface area contributed by atoms with E-state index in [0.717, 1.165) is 0 Å². The highest BCUT2D eigenvalue weighted by Gasteiger charge is 2.52. The van der Waals surface area contributed by atoms with Gasteiger partial charge in [0.25, 0.3) is 0 Å². The molecule has 3 unspecified atom stereocenters. The van der Waals surface area contributed by atoms with E-state index >= 15 is 0 Å². The first-order valence-corrected chi connectivity index (χ1v) is 4.50. The summed E-state index contributed by atoms with van der Waals surface area (Å²) in [5.41, 5.74) is 0. The molecule has 0 aromatic heterocycles. The lowest BCUT2D eigenvalue weighted by molar-refractivity contribution is -0.192. The number of cyclic esters (lactones) is 4. The lowest BCUT2D eigenvalue weighted by atomic mass is 9.77. The van der Waals surface area contributed by atoms with Gasteiger partial charge in [-0.15, -0.1) is 0 Å². The summed E-state index contributed by atoms with van der Waals surface area (Å²) >= 11 is 0. The molecule has 0 spiro atoms. The molecule has 2 aliphatic heterocycles. The van der Waals surface area contributed by atoms with Gasteiger partial charge in [-0.3, -0.25) is 19.2 Å². The van der Waals surface area contributed by atoms with Crippen LogP contribution in [0.2, 0.25) is 0 Å². The first-order chi connectivity index (χ1) is 7.00. The van der Waals surface area contributed by atoms with Gasteiger partial charge < -0.3 is 9.47 Å². The molecule has 80 valence electrons. The SMILES string of the molecule is CC1C(=O)OC(=O)C2CC(=O)OC(=O)C12. The summed E-state index contributed by atoms with van der Waals surface area (Å²) in [6.45, 7) is 1.48. The zero-order chi connectivity index (χ0) is 11.2. The quantitative estimate of drug-likeness (QED) is 0.394. The fourth-order valence-electron chi connectivity index (χ4n) is 1.89. The van der Waals surface area contributed by atoms with Crippen molar-refractivity contribution >= 4 is 23.9 Å². The number of carbonyl (C=O) groups excluding carboxylic acids is 4. The van der Waals surface area contributed by atoms with Gasteiger partial charge in [0.15, 0.2) is 0 Å². The summed E-state index contributed by atoms with van der Waals surface area (Å²) in [6, 6.07) is 0. The van der Waals surface area contributed by atoms with Gasteiger partial charge in [0, 0.05) is 0 Å². The van der Waals surface area contributed by atoms with Gasteiger partial charge in [0.1, 0.15) is 0 Å². The monoisotopic (exact) mass is 212 g/mol. The van der Waals surface area contributed by atoms with Crippen molar-refractivity contribution in [1.29, 1.82) is 0 Å². The van der Waals surface area contributed by atoms with Crippen LogP contribution in [-0.4, -0.2) is 23.9 Å². The van der Waals surface area contributed by atoms with Gasteiger partial charge >= 0.3 is 23.9 Å². The number of carbonyl (C=O) groups is 4. The zero-order valence-electron chi connectivity index (χ0n) is 7.89. The second kappa shape index (κ2) is 3.15. The largest absolute Gasteiger partial charge is 0.393 e. The zero-order valence-corrected chi connectivity index (χ0v) is 7.89. The first-order valence-electron chi connectivity index (χ1n) is 4.50. The Balaban J connectivity index is 2.34. The number of esters is 4. The Morgan fingerprint density at radius 1 is 1.00 bits per heavy atom. The van der Waals surface area contributed by atoms with Crippen molar-refractivity contribution in [3.05, 3.63) is 0 Å². The van der Waals surface area contributed by atoms with Crippen LogP contribution in [0.15, 0.2) is 0 Å². The molecule has 0 saturated carbocycles. The van der Waals surface area contributed by atoms with Crippen LogP contribution in [0.4, 0.5) is 0 Å². The molecule has 2 fully saturated rings. The maximum absolute atomic E-state index is 11.3. The summed E-state index contributed by atoms with van der Waals surface area (Å²) in [5.74, 6) is -5.61. The molecule has 0 aromatic carbocycles. The fraction of sp³-hybridized carbons (Fsp3) is 0.556. The Kier molecular flexibility index (Phi) is 2.06. The van der Waals surface area contributed by atoms with Gasteiger partial charge in [-0.1, -0.05) is 6.92 Å². The van der Waals surface area contributed by atoms with Crippen LogP contribution in [-0.2, 0) is 28.7 Å². The Morgan fingerprint density at radius 2 is 1.67 bits per heavy atom. The molecule has 15 heavy (non-hydrogen) atoms. The third kappa shape index (κ3) is 1.42. The van der Waals surface area contributed by atoms with Crippen LogP contribution >= 0.6 is 0 Å². The van der Waals surface area contributed by atoms with E-state index in [1.165, 1.54) is 6.92 Å². The lowest BCUT2D eigenvalue weighted by Gasteiger charge is -2.33. The molecule has 2 aliphatic rings. The van der Waals surface area contributed by atoms with Gasteiger partial charge in [-0.2, -0.15) is 0 Å². The summed E-state index contributed by atoms with van der Waals surface area (Å²) in [5, 5.41) is 0. The van der Waals surface area contributed by atoms with Crippen molar-refractivity contribution in [2.75, 3.05) is 0 Å². The van der Waals surface area contributed by atoms with E-state index in [9.17, 15) is 19.2 Å². The number of rotatable bonds is 0. The Morgan fingerprint density at radius 3 is 2.33 bits per heavy atom. The van der Waals surface area contributed by atoms with Crippen molar-refractivity contribution in [1.82, 2.24) is 0 Å². The van der Waals surface area contributed by atoms with E-state index in [1.54, 1.807) is 0 Å². The second-order valence-electron chi connectivity index (χ2n) is 3.66. The summed E-state index contributed by atoms with van der Waals surface area (Å²) in [6.07, 6.45) is -0.202. The first kappa shape index (κ1) is 9.82. The summed E-state index contributed by atoms with van der Waals surface area (Å²) in [7, 11) is 0. The predicted octanol–water partition coefficient (Wildman–Crippen LogP) is -0.588. The minimum Gasteiger partial charge on any atom is -0.393 e. The lowest BCUT2D eigenvalue weighted by Crippen LogP contribution is -2.50. The van der Waals surface area contributed by atoms with Crippen molar-refractivity contribution < 1.29 is 28.7 Å². The second-order valence-corrected chi connectivity index (χ2v) is 3.66. The Labute approximate surface area is 84.5 Å². The number of fused-ring (bicyclic) bond motifs is 1. The number of hydrogen-bond donors (Lipinski definition) is 0. The van der Waals surface area contributed by atoms with Gasteiger partial charge in [0.05, 0.1) is 24.2 Å². The molecule has 2 rings (SSSR count). The maximum Gasteiger partial charge on any atom is 0.318 e.